The van der Waals surface area contributed by atoms with E-state index in [1.807, 2.05) is 32.0 Å². The number of amides is 2. The molecule has 0 unspecified atom stereocenters. The van der Waals surface area contributed by atoms with Crippen LogP contribution in [-0.2, 0) is 14.3 Å². The van der Waals surface area contributed by atoms with E-state index in [2.05, 4.69) is 15.5 Å². The first-order valence-corrected chi connectivity index (χ1v) is 9.01. The number of likely N-dealkylation sites (tertiary alicyclic amines) is 1. The van der Waals surface area contributed by atoms with E-state index >= 15 is 0 Å². The lowest BCUT2D eigenvalue weighted by molar-refractivity contribution is -0.127. The van der Waals surface area contributed by atoms with Gasteiger partial charge in [-0.2, -0.15) is 0 Å². The first-order valence-electron chi connectivity index (χ1n) is 9.01. The molecule has 0 saturated carbocycles. The maximum absolute atomic E-state index is 12.3. The molecule has 2 saturated heterocycles. The predicted octanol–water partition coefficient (Wildman–Crippen LogP) is 1.61. The van der Waals surface area contributed by atoms with Gasteiger partial charge < -0.3 is 15.4 Å². The van der Waals surface area contributed by atoms with Crippen molar-refractivity contribution in [2.75, 3.05) is 31.6 Å². The highest BCUT2D eigenvalue weighted by Gasteiger charge is 2.35. The minimum atomic E-state index is -0.289. The first kappa shape index (κ1) is 17.9. The van der Waals surface area contributed by atoms with E-state index in [1.54, 1.807) is 0 Å². The zero-order valence-corrected chi connectivity index (χ0v) is 15.0. The number of anilines is 1. The smallest absolute Gasteiger partial charge is 0.233 e. The molecule has 0 aliphatic carbocycles. The fourth-order valence-corrected chi connectivity index (χ4v) is 3.58. The van der Waals surface area contributed by atoms with Crippen molar-refractivity contribution >= 4 is 17.5 Å². The molecule has 136 valence electrons. The number of nitrogens with one attached hydrogen (secondary N) is 2. The van der Waals surface area contributed by atoms with Crippen LogP contribution in [0.2, 0.25) is 0 Å². The quantitative estimate of drug-likeness (QED) is 0.796. The number of nitrogens with zero attached hydrogens (tertiary/aromatic N) is 1. The summed E-state index contributed by atoms with van der Waals surface area (Å²) in [6, 6.07) is 6.07. The third-order valence-electron chi connectivity index (χ3n) is 4.99. The molecule has 2 heterocycles. The highest BCUT2D eigenvalue weighted by molar-refractivity contribution is 6.04. The van der Waals surface area contributed by atoms with E-state index in [9.17, 15) is 9.59 Å². The Morgan fingerprint density at radius 2 is 1.92 bits per heavy atom. The summed E-state index contributed by atoms with van der Waals surface area (Å²) in [4.78, 5) is 26.8. The Hall–Kier alpha value is -1.92. The summed E-state index contributed by atoms with van der Waals surface area (Å²) >= 11 is 0. The molecule has 6 nitrogen and oxygen atoms in total. The lowest BCUT2D eigenvalue weighted by atomic mass is 10.1. The van der Waals surface area contributed by atoms with E-state index in [0.29, 0.717) is 13.2 Å². The van der Waals surface area contributed by atoms with Crippen molar-refractivity contribution in [2.45, 2.75) is 45.2 Å². The van der Waals surface area contributed by atoms with Gasteiger partial charge in [-0.05, 0) is 57.0 Å². The molecule has 25 heavy (non-hydrogen) atoms. The van der Waals surface area contributed by atoms with E-state index in [1.165, 1.54) is 12.8 Å². The van der Waals surface area contributed by atoms with Gasteiger partial charge in [-0.1, -0.05) is 12.1 Å². The molecule has 3 rings (SSSR count). The van der Waals surface area contributed by atoms with Crippen LogP contribution in [0.4, 0.5) is 5.69 Å². The van der Waals surface area contributed by atoms with Crippen LogP contribution in [0.3, 0.4) is 0 Å². The number of aryl methyl sites for hydroxylation is 2. The van der Waals surface area contributed by atoms with Gasteiger partial charge in [-0.25, -0.2) is 0 Å². The number of carbonyl (C=O) groups excluding carboxylic acids is 2. The lowest BCUT2D eigenvalue weighted by Crippen LogP contribution is -2.50. The van der Waals surface area contributed by atoms with Crippen molar-refractivity contribution in [3.8, 4) is 0 Å². The van der Waals surface area contributed by atoms with Gasteiger partial charge in [-0.15, -0.1) is 0 Å². The topological polar surface area (TPSA) is 70.7 Å². The van der Waals surface area contributed by atoms with Gasteiger partial charge in [0.1, 0.15) is 6.42 Å². The average molecular weight is 345 g/mol. The zero-order chi connectivity index (χ0) is 17.8. The second-order valence-corrected chi connectivity index (χ2v) is 7.07. The minimum Gasteiger partial charge on any atom is -0.378 e. The molecular formula is C19H27N3O3. The SMILES string of the molecule is Cc1ccc(C)c(NC(=O)CC(=O)N[C@H]2COC[C@@H]2N2CCCC2)c1. The maximum Gasteiger partial charge on any atom is 0.233 e. The molecule has 2 fully saturated rings. The average Bonchev–Trinajstić information content (AvgIpc) is 3.21. The number of hydrogen-bond donors (Lipinski definition) is 2. The standard InChI is InChI=1S/C19H27N3O3/c1-13-5-6-14(2)15(9-13)20-18(23)10-19(24)21-16-11-25-12-17(16)22-7-3-4-8-22/h5-6,9,16-17H,3-4,7-8,10-12H2,1-2H3,(H,20,23)(H,21,24)/t16-,17-/m0/s1. The molecule has 6 heteroatoms. The number of benzene rings is 1. The second-order valence-electron chi connectivity index (χ2n) is 7.07. The Labute approximate surface area is 148 Å². The van der Waals surface area contributed by atoms with E-state index in [-0.39, 0.29) is 30.3 Å². The summed E-state index contributed by atoms with van der Waals surface area (Å²) in [5.74, 6) is -0.537. The van der Waals surface area contributed by atoms with E-state index in [0.717, 1.165) is 29.9 Å². The molecule has 2 atom stereocenters. The fraction of sp³-hybridized carbons (Fsp3) is 0.579. The zero-order valence-electron chi connectivity index (χ0n) is 15.0. The van der Waals surface area contributed by atoms with Crippen LogP contribution in [0.25, 0.3) is 0 Å². The van der Waals surface area contributed by atoms with Gasteiger partial charge in [0.05, 0.1) is 25.3 Å². The molecule has 1 aromatic carbocycles. The molecule has 0 spiro atoms. The summed E-state index contributed by atoms with van der Waals surface area (Å²) in [5.41, 5.74) is 2.82. The fourth-order valence-electron chi connectivity index (χ4n) is 3.58. The van der Waals surface area contributed by atoms with Crippen molar-refractivity contribution in [3.63, 3.8) is 0 Å². The van der Waals surface area contributed by atoms with Gasteiger partial charge in [0.2, 0.25) is 11.8 Å². The van der Waals surface area contributed by atoms with Crippen LogP contribution in [-0.4, -0.2) is 55.1 Å². The number of hydrogen-bond acceptors (Lipinski definition) is 4. The minimum absolute atomic E-state index is 0.0286. The van der Waals surface area contributed by atoms with Gasteiger partial charge >= 0.3 is 0 Å². The van der Waals surface area contributed by atoms with Crippen LogP contribution >= 0.6 is 0 Å². The monoisotopic (exact) mass is 345 g/mol. The van der Waals surface area contributed by atoms with Crippen LogP contribution in [0.1, 0.15) is 30.4 Å². The molecular weight excluding hydrogens is 318 g/mol. The van der Waals surface area contributed by atoms with Crippen molar-refractivity contribution < 1.29 is 14.3 Å². The Kier molecular flexibility index (Phi) is 5.71. The summed E-state index contributed by atoms with van der Waals surface area (Å²) in [6.45, 7) is 7.21. The third kappa shape index (κ3) is 4.58. The van der Waals surface area contributed by atoms with Crippen molar-refractivity contribution in [1.29, 1.82) is 0 Å². The van der Waals surface area contributed by atoms with Crippen LogP contribution in [0.5, 0.6) is 0 Å². The summed E-state index contributed by atoms with van der Waals surface area (Å²) in [5, 5.41) is 5.81. The van der Waals surface area contributed by atoms with Crippen LogP contribution < -0.4 is 10.6 Å². The highest BCUT2D eigenvalue weighted by atomic mass is 16.5. The third-order valence-corrected chi connectivity index (χ3v) is 4.99. The van der Waals surface area contributed by atoms with E-state index in [4.69, 9.17) is 4.74 Å². The van der Waals surface area contributed by atoms with Crippen LogP contribution in [0.15, 0.2) is 18.2 Å². The molecule has 1 aromatic rings. The highest BCUT2D eigenvalue weighted by Crippen LogP contribution is 2.19. The largest absolute Gasteiger partial charge is 0.378 e. The summed E-state index contributed by atoms with van der Waals surface area (Å²) in [6.07, 6.45) is 2.24. The molecule has 2 N–H and O–H groups in total. The lowest BCUT2D eigenvalue weighted by Gasteiger charge is -2.27. The molecule has 2 aliphatic heterocycles. The van der Waals surface area contributed by atoms with E-state index < -0.39 is 0 Å². The Morgan fingerprint density at radius 3 is 2.68 bits per heavy atom. The van der Waals surface area contributed by atoms with Crippen molar-refractivity contribution in [2.24, 2.45) is 0 Å². The Balaban J connectivity index is 1.51. The molecule has 2 amide bonds. The summed E-state index contributed by atoms with van der Waals surface area (Å²) in [7, 11) is 0. The van der Waals surface area contributed by atoms with Gasteiger partial charge in [-0.3, -0.25) is 14.5 Å². The molecule has 0 radical (unpaired) electrons. The van der Waals surface area contributed by atoms with Crippen LogP contribution in [0, 0.1) is 13.8 Å². The number of ether oxygens (including phenoxy) is 1. The van der Waals surface area contributed by atoms with Gasteiger partial charge in [0.15, 0.2) is 0 Å². The normalized spacial score (nSPS) is 23.6. The van der Waals surface area contributed by atoms with Gasteiger partial charge in [0, 0.05) is 5.69 Å². The predicted molar refractivity (Wildman–Crippen MR) is 96.5 cm³/mol. The number of rotatable bonds is 5. The molecule has 0 bridgehead atoms. The molecule has 0 aromatic heterocycles. The Bertz CT molecular complexity index is 641. The second kappa shape index (κ2) is 7.97. The maximum atomic E-state index is 12.3. The van der Waals surface area contributed by atoms with Crippen molar-refractivity contribution in [3.05, 3.63) is 29.3 Å². The van der Waals surface area contributed by atoms with Crippen molar-refractivity contribution in [1.82, 2.24) is 10.2 Å². The van der Waals surface area contributed by atoms with Gasteiger partial charge in [0.25, 0.3) is 0 Å². The number of carbonyl (C=O) groups is 2. The molecule has 2 aliphatic rings. The Morgan fingerprint density at radius 1 is 1.16 bits per heavy atom. The first-order chi connectivity index (χ1) is 12.0. The summed E-state index contributed by atoms with van der Waals surface area (Å²) < 4.78 is 5.56.